The van der Waals surface area contributed by atoms with Gasteiger partial charge in [-0.3, -0.25) is 0 Å². The predicted molar refractivity (Wildman–Crippen MR) is 256 cm³/mol. The van der Waals surface area contributed by atoms with E-state index in [-0.39, 0.29) is 0 Å². The van der Waals surface area contributed by atoms with Gasteiger partial charge >= 0.3 is 0 Å². The molecule has 332 valence electrons. The topological polar surface area (TPSA) is 0 Å². The van der Waals surface area contributed by atoms with E-state index in [0.29, 0.717) is 0 Å². The number of unbranched alkanes of at least 4 members (excludes halogenated alkanes) is 45. The van der Waals surface area contributed by atoms with E-state index < -0.39 is 0 Å². The quantitative estimate of drug-likeness (QED) is 0.0540. The van der Waals surface area contributed by atoms with E-state index >= 15 is 0 Å². The molecular formula is C55H112. The third-order valence-corrected chi connectivity index (χ3v) is 13.4. The molecule has 0 aliphatic heterocycles. The van der Waals surface area contributed by atoms with Crippen LogP contribution in [0.3, 0.4) is 0 Å². The molecule has 0 amide bonds. The van der Waals surface area contributed by atoms with Crippen molar-refractivity contribution in [2.45, 2.75) is 348 Å². The Labute approximate surface area is 352 Å². The summed E-state index contributed by atoms with van der Waals surface area (Å²) in [7, 11) is 0. The fourth-order valence-corrected chi connectivity index (χ4v) is 9.36. The van der Waals surface area contributed by atoms with Crippen LogP contribution in [-0.2, 0) is 0 Å². The summed E-state index contributed by atoms with van der Waals surface area (Å²) in [4.78, 5) is 0. The smallest absolute Gasteiger partial charge is 0.0414 e. The monoisotopic (exact) mass is 773 g/mol. The molecule has 0 radical (unpaired) electrons. The predicted octanol–water partition coefficient (Wildman–Crippen LogP) is 21.6. The summed E-state index contributed by atoms with van der Waals surface area (Å²) in [5.41, 5.74) is 0. The van der Waals surface area contributed by atoms with Gasteiger partial charge in [-0.25, -0.2) is 0 Å². The summed E-state index contributed by atoms with van der Waals surface area (Å²) >= 11 is 0. The second kappa shape index (κ2) is 52.0. The minimum atomic E-state index is 1.03. The number of hydrogen-bond donors (Lipinski definition) is 0. The van der Waals surface area contributed by atoms with Crippen LogP contribution in [0.4, 0.5) is 0 Å². The van der Waals surface area contributed by atoms with Crippen molar-refractivity contribution in [1.82, 2.24) is 0 Å². The molecule has 0 saturated carbocycles. The minimum absolute atomic E-state index is 1.03. The summed E-state index contributed by atoms with van der Waals surface area (Å²) in [5.74, 6) is 1.03. The highest BCUT2D eigenvalue weighted by molar-refractivity contribution is 4.62. The van der Waals surface area contributed by atoms with Crippen LogP contribution < -0.4 is 0 Å². The van der Waals surface area contributed by atoms with E-state index in [1.165, 1.54) is 327 Å². The molecule has 0 saturated heterocycles. The van der Waals surface area contributed by atoms with Gasteiger partial charge in [-0.15, -0.1) is 0 Å². The molecule has 0 aromatic carbocycles. The summed E-state index contributed by atoms with van der Waals surface area (Å²) < 4.78 is 0. The standard InChI is InChI=1S/C55H112/c1-4-7-10-12-14-16-18-20-22-24-26-28-29-30-31-33-35-37-39-41-43-45-47-49-51-54-55(52-9-6-3)53-50-48-46-44-42-40-38-36-34-32-27-25-23-21-19-17-15-13-11-8-5-2/h55H,4-54H2,1-3H3. The summed E-state index contributed by atoms with van der Waals surface area (Å²) in [5, 5.41) is 0. The van der Waals surface area contributed by atoms with Crippen LogP contribution in [0.5, 0.6) is 0 Å². The van der Waals surface area contributed by atoms with Crippen molar-refractivity contribution in [1.29, 1.82) is 0 Å². The van der Waals surface area contributed by atoms with E-state index in [1.807, 2.05) is 0 Å². The van der Waals surface area contributed by atoms with Gasteiger partial charge in [0, 0.05) is 0 Å². The first-order chi connectivity index (χ1) is 27.3. The van der Waals surface area contributed by atoms with Gasteiger partial charge < -0.3 is 0 Å². The van der Waals surface area contributed by atoms with E-state index in [2.05, 4.69) is 20.8 Å². The van der Waals surface area contributed by atoms with Crippen LogP contribution in [0, 0.1) is 5.92 Å². The Morgan fingerprint density at radius 3 is 0.436 bits per heavy atom. The fraction of sp³-hybridized carbons (Fsp3) is 1.00. The molecule has 0 N–H and O–H groups in total. The number of hydrogen-bond acceptors (Lipinski definition) is 0. The van der Waals surface area contributed by atoms with Gasteiger partial charge in [0.25, 0.3) is 0 Å². The van der Waals surface area contributed by atoms with Crippen molar-refractivity contribution in [2.75, 3.05) is 0 Å². The molecule has 0 spiro atoms. The van der Waals surface area contributed by atoms with Crippen molar-refractivity contribution in [3.63, 3.8) is 0 Å². The van der Waals surface area contributed by atoms with Gasteiger partial charge in [-0.2, -0.15) is 0 Å². The van der Waals surface area contributed by atoms with Crippen LogP contribution >= 0.6 is 0 Å². The van der Waals surface area contributed by atoms with Crippen LogP contribution in [-0.4, -0.2) is 0 Å². The molecule has 0 heterocycles. The highest BCUT2D eigenvalue weighted by Gasteiger charge is 2.08. The second-order valence-corrected chi connectivity index (χ2v) is 19.1. The number of rotatable bonds is 51. The lowest BCUT2D eigenvalue weighted by Crippen LogP contribution is -2.01. The van der Waals surface area contributed by atoms with E-state index in [4.69, 9.17) is 0 Å². The Hall–Kier alpha value is 0. The highest BCUT2D eigenvalue weighted by atomic mass is 14.1. The lowest BCUT2D eigenvalue weighted by atomic mass is 9.90. The maximum absolute atomic E-state index is 2.39. The van der Waals surface area contributed by atoms with Gasteiger partial charge in [0.1, 0.15) is 0 Å². The van der Waals surface area contributed by atoms with Crippen LogP contribution in [0.15, 0.2) is 0 Å². The van der Waals surface area contributed by atoms with Crippen molar-refractivity contribution in [3.05, 3.63) is 0 Å². The second-order valence-electron chi connectivity index (χ2n) is 19.1. The van der Waals surface area contributed by atoms with Gasteiger partial charge in [0.05, 0.1) is 0 Å². The molecular weight excluding hydrogens is 661 g/mol. The SMILES string of the molecule is CCCCCCCCCCCCCCCCCCCCCCCCCCCC(CCCC)CCCCCCCCCCCCCCCCCCCCCCC. The summed E-state index contributed by atoms with van der Waals surface area (Å²) in [6.07, 6.45) is 75.8. The molecule has 1 unspecified atom stereocenters. The lowest BCUT2D eigenvalue weighted by Gasteiger charge is -2.16. The average molecular weight is 774 g/mol. The Balaban J connectivity index is 3.38. The Morgan fingerprint density at radius 1 is 0.145 bits per heavy atom. The summed E-state index contributed by atoms with van der Waals surface area (Å²) in [6, 6.07) is 0. The first-order valence-electron chi connectivity index (χ1n) is 27.3. The zero-order valence-corrected chi connectivity index (χ0v) is 39.6. The molecule has 0 aliphatic carbocycles. The van der Waals surface area contributed by atoms with Crippen molar-refractivity contribution in [2.24, 2.45) is 5.92 Å². The van der Waals surface area contributed by atoms with E-state index in [1.54, 1.807) is 0 Å². The molecule has 55 heavy (non-hydrogen) atoms. The molecule has 0 nitrogen and oxygen atoms in total. The zero-order valence-electron chi connectivity index (χ0n) is 39.6. The molecule has 1 atom stereocenters. The maximum atomic E-state index is 2.39. The fourth-order valence-electron chi connectivity index (χ4n) is 9.36. The van der Waals surface area contributed by atoms with Gasteiger partial charge in [0.15, 0.2) is 0 Å². The first kappa shape index (κ1) is 55.0. The molecule has 0 aromatic heterocycles. The van der Waals surface area contributed by atoms with Crippen LogP contribution in [0.1, 0.15) is 348 Å². The normalized spacial score (nSPS) is 12.3. The molecule has 0 aliphatic rings. The summed E-state index contributed by atoms with van der Waals surface area (Å²) in [6.45, 7) is 7.02. The van der Waals surface area contributed by atoms with Crippen molar-refractivity contribution in [3.8, 4) is 0 Å². The lowest BCUT2D eigenvalue weighted by molar-refractivity contribution is 0.370. The average Bonchev–Trinajstić information content (AvgIpc) is 3.20. The minimum Gasteiger partial charge on any atom is -0.0654 e. The molecule has 0 bridgehead atoms. The maximum Gasteiger partial charge on any atom is -0.0414 e. The van der Waals surface area contributed by atoms with E-state index in [0.717, 1.165) is 5.92 Å². The molecule has 0 fully saturated rings. The van der Waals surface area contributed by atoms with E-state index in [9.17, 15) is 0 Å². The Morgan fingerprint density at radius 2 is 0.273 bits per heavy atom. The highest BCUT2D eigenvalue weighted by Crippen LogP contribution is 2.25. The van der Waals surface area contributed by atoms with Crippen LogP contribution in [0.25, 0.3) is 0 Å². The zero-order chi connectivity index (χ0) is 39.6. The van der Waals surface area contributed by atoms with Gasteiger partial charge in [-0.1, -0.05) is 348 Å². The van der Waals surface area contributed by atoms with Crippen LogP contribution in [0.2, 0.25) is 0 Å². The van der Waals surface area contributed by atoms with Crippen molar-refractivity contribution < 1.29 is 0 Å². The van der Waals surface area contributed by atoms with Gasteiger partial charge in [-0.05, 0) is 5.92 Å². The molecule has 0 rings (SSSR count). The van der Waals surface area contributed by atoms with Crippen molar-refractivity contribution >= 4 is 0 Å². The Kier molecular flexibility index (Phi) is 52.0. The largest absolute Gasteiger partial charge is 0.0654 e. The third kappa shape index (κ3) is 50.1. The van der Waals surface area contributed by atoms with Gasteiger partial charge in [0.2, 0.25) is 0 Å². The molecule has 0 aromatic rings. The molecule has 0 heteroatoms. The first-order valence-corrected chi connectivity index (χ1v) is 27.3. The Bertz CT molecular complexity index is 622. The third-order valence-electron chi connectivity index (χ3n) is 13.4.